The highest BCUT2D eigenvalue weighted by atomic mass is 15.1. The number of hydrogen-bond acceptors (Lipinski definition) is 3. The molecule has 96 valence electrons. The molecule has 1 unspecified atom stereocenters. The first-order valence-corrected chi connectivity index (χ1v) is 6.53. The molecule has 0 aromatic carbocycles. The summed E-state index contributed by atoms with van der Waals surface area (Å²) in [5.41, 5.74) is 2.28. The highest BCUT2D eigenvalue weighted by molar-refractivity contribution is 5.11. The van der Waals surface area contributed by atoms with E-state index in [0.29, 0.717) is 6.04 Å². The first-order valence-electron chi connectivity index (χ1n) is 6.53. The zero-order chi connectivity index (χ0) is 12.7. The molecule has 1 rings (SSSR count). The summed E-state index contributed by atoms with van der Waals surface area (Å²) in [6.45, 7) is 9.35. The Hall–Kier alpha value is -0.930. The molecule has 3 heteroatoms. The van der Waals surface area contributed by atoms with Crippen molar-refractivity contribution in [2.75, 3.05) is 13.6 Å². The smallest absolute Gasteiger partial charge is 0.0547 e. The molecule has 0 amide bonds. The highest BCUT2D eigenvalue weighted by Gasteiger charge is 2.08. The molecule has 0 spiro atoms. The lowest BCUT2D eigenvalue weighted by Crippen LogP contribution is -2.28. The largest absolute Gasteiger partial charge is 0.311 e. The summed E-state index contributed by atoms with van der Waals surface area (Å²) in [6, 6.07) is 6.89. The van der Waals surface area contributed by atoms with Crippen LogP contribution in [0.25, 0.3) is 0 Å². The summed E-state index contributed by atoms with van der Waals surface area (Å²) in [5, 5.41) is 3.30. The normalized spacial score (nSPS) is 13.0. The van der Waals surface area contributed by atoms with E-state index in [9.17, 15) is 0 Å². The van der Waals surface area contributed by atoms with Crippen LogP contribution >= 0.6 is 0 Å². The standard InChI is InChI=1S/C14H25N3/c1-5-12(3)17(4)11-14-9-7-8-13(16-14)10-15-6-2/h7-9,12,15H,5-6,10-11H2,1-4H3. The first kappa shape index (κ1) is 14.1. The molecule has 0 aliphatic carbocycles. The van der Waals surface area contributed by atoms with E-state index in [-0.39, 0.29) is 0 Å². The van der Waals surface area contributed by atoms with Gasteiger partial charge in [0.2, 0.25) is 0 Å². The third-order valence-corrected chi connectivity index (χ3v) is 3.18. The Morgan fingerprint density at radius 1 is 1.29 bits per heavy atom. The number of rotatable bonds is 7. The second-order valence-electron chi connectivity index (χ2n) is 4.57. The average molecular weight is 235 g/mol. The van der Waals surface area contributed by atoms with Gasteiger partial charge in [0.25, 0.3) is 0 Å². The molecular formula is C14H25N3. The topological polar surface area (TPSA) is 28.2 Å². The molecule has 3 nitrogen and oxygen atoms in total. The van der Waals surface area contributed by atoms with Crippen LogP contribution in [0.1, 0.15) is 38.6 Å². The Balaban J connectivity index is 2.58. The molecule has 0 saturated carbocycles. The lowest BCUT2D eigenvalue weighted by Gasteiger charge is -2.23. The molecule has 0 fully saturated rings. The molecule has 0 aliphatic rings. The average Bonchev–Trinajstić information content (AvgIpc) is 2.35. The van der Waals surface area contributed by atoms with E-state index in [1.165, 1.54) is 6.42 Å². The third-order valence-electron chi connectivity index (χ3n) is 3.18. The SMILES string of the molecule is CCNCc1cccc(CN(C)C(C)CC)n1. The molecule has 1 heterocycles. The zero-order valence-electron chi connectivity index (χ0n) is 11.5. The van der Waals surface area contributed by atoms with Crippen molar-refractivity contribution >= 4 is 0 Å². The van der Waals surface area contributed by atoms with E-state index in [4.69, 9.17) is 0 Å². The Kier molecular flexibility index (Phi) is 6.16. The van der Waals surface area contributed by atoms with E-state index in [1.807, 2.05) is 0 Å². The van der Waals surface area contributed by atoms with Crippen molar-refractivity contribution in [2.45, 2.75) is 46.3 Å². The molecule has 0 aliphatic heterocycles. The van der Waals surface area contributed by atoms with Crippen molar-refractivity contribution < 1.29 is 0 Å². The van der Waals surface area contributed by atoms with Crippen molar-refractivity contribution in [3.05, 3.63) is 29.6 Å². The second-order valence-corrected chi connectivity index (χ2v) is 4.57. The van der Waals surface area contributed by atoms with Crippen LogP contribution in [-0.2, 0) is 13.1 Å². The predicted octanol–water partition coefficient (Wildman–Crippen LogP) is 2.42. The Morgan fingerprint density at radius 2 is 2.00 bits per heavy atom. The fourth-order valence-corrected chi connectivity index (χ4v) is 1.69. The summed E-state index contributed by atoms with van der Waals surface area (Å²) >= 11 is 0. The molecule has 1 N–H and O–H groups in total. The molecule has 17 heavy (non-hydrogen) atoms. The van der Waals surface area contributed by atoms with Gasteiger partial charge in [-0.05, 0) is 39.1 Å². The van der Waals surface area contributed by atoms with Crippen LogP contribution in [-0.4, -0.2) is 29.5 Å². The maximum absolute atomic E-state index is 4.66. The number of nitrogens with zero attached hydrogens (tertiary/aromatic N) is 2. The van der Waals surface area contributed by atoms with Crippen LogP contribution in [0.4, 0.5) is 0 Å². The van der Waals surface area contributed by atoms with Crippen molar-refractivity contribution in [2.24, 2.45) is 0 Å². The van der Waals surface area contributed by atoms with Gasteiger partial charge in [-0.25, -0.2) is 0 Å². The first-order chi connectivity index (χ1) is 8.17. The number of nitrogens with one attached hydrogen (secondary N) is 1. The number of pyridine rings is 1. The van der Waals surface area contributed by atoms with Crippen molar-refractivity contribution in [1.82, 2.24) is 15.2 Å². The molecular weight excluding hydrogens is 210 g/mol. The minimum atomic E-state index is 0.606. The molecule has 0 bridgehead atoms. The van der Waals surface area contributed by atoms with Crippen LogP contribution in [0.5, 0.6) is 0 Å². The molecule has 0 saturated heterocycles. The summed E-state index contributed by atoms with van der Waals surface area (Å²) in [6.07, 6.45) is 1.17. The van der Waals surface area contributed by atoms with Crippen molar-refractivity contribution in [3.8, 4) is 0 Å². The predicted molar refractivity (Wildman–Crippen MR) is 72.8 cm³/mol. The van der Waals surface area contributed by atoms with Gasteiger partial charge in [-0.1, -0.05) is 19.9 Å². The van der Waals surface area contributed by atoms with Crippen LogP contribution in [0.2, 0.25) is 0 Å². The summed E-state index contributed by atoms with van der Waals surface area (Å²) < 4.78 is 0. The third kappa shape index (κ3) is 4.84. The Bertz CT molecular complexity index is 325. The lowest BCUT2D eigenvalue weighted by atomic mass is 10.2. The monoisotopic (exact) mass is 235 g/mol. The molecule has 1 aromatic rings. The fraction of sp³-hybridized carbons (Fsp3) is 0.643. The van der Waals surface area contributed by atoms with E-state index in [1.54, 1.807) is 0 Å². The minimum absolute atomic E-state index is 0.606. The second kappa shape index (κ2) is 7.41. The maximum Gasteiger partial charge on any atom is 0.0547 e. The molecule has 1 atom stereocenters. The van der Waals surface area contributed by atoms with Crippen LogP contribution in [0.3, 0.4) is 0 Å². The van der Waals surface area contributed by atoms with Crippen LogP contribution < -0.4 is 5.32 Å². The fourth-order valence-electron chi connectivity index (χ4n) is 1.69. The van der Waals surface area contributed by atoms with E-state index < -0.39 is 0 Å². The van der Waals surface area contributed by atoms with Gasteiger partial charge in [-0.15, -0.1) is 0 Å². The quantitative estimate of drug-likeness (QED) is 0.786. The van der Waals surface area contributed by atoms with Gasteiger partial charge in [0, 0.05) is 19.1 Å². The van der Waals surface area contributed by atoms with E-state index in [2.05, 4.69) is 61.2 Å². The minimum Gasteiger partial charge on any atom is -0.311 e. The van der Waals surface area contributed by atoms with Gasteiger partial charge in [-0.3, -0.25) is 9.88 Å². The van der Waals surface area contributed by atoms with Gasteiger partial charge < -0.3 is 5.32 Å². The van der Waals surface area contributed by atoms with Crippen molar-refractivity contribution in [3.63, 3.8) is 0 Å². The maximum atomic E-state index is 4.66. The van der Waals surface area contributed by atoms with Gasteiger partial charge >= 0.3 is 0 Å². The molecule has 0 radical (unpaired) electrons. The van der Waals surface area contributed by atoms with Crippen LogP contribution in [0, 0.1) is 0 Å². The summed E-state index contributed by atoms with van der Waals surface area (Å²) in [7, 11) is 2.16. The Labute approximate surface area is 105 Å². The van der Waals surface area contributed by atoms with Gasteiger partial charge in [0.05, 0.1) is 11.4 Å². The van der Waals surface area contributed by atoms with Gasteiger partial charge in [0.1, 0.15) is 0 Å². The summed E-state index contributed by atoms with van der Waals surface area (Å²) in [5.74, 6) is 0. The van der Waals surface area contributed by atoms with Crippen LogP contribution in [0.15, 0.2) is 18.2 Å². The van der Waals surface area contributed by atoms with E-state index >= 15 is 0 Å². The Morgan fingerprint density at radius 3 is 2.65 bits per heavy atom. The number of aromatic nitrogens is 1. The van der Waals surface area contributed by atoms with Crippen molar-refractivity contribution in [1.29, 1.82) is 0 Å². The van der Waals surface area contributed by atoms with E-state index in [0.717, 1.165) is 31.0 Å². The zero-order valence-corrected chi connectivity index (χ0v) is 11.5. The summed E-state index contributed by atoms with van der Waals surface area (Å²) in [4.78, 5) is 7.01. The highest BCUT2D eigenvalue weighted by Crippen LogP contribution is 2.07. The van der Waals surface area contributed by atoms with Gasteiger partial charge in [-0.2, -0.15) is 0 Å². The lowest BCUT2D eigenvalue weighted by molar-refractivity contribution is 0.241. The number of hydrogen-bond donors (Lipinski definition) is 1. The molecule has 1 aromatic heterocycles. The van der Waals surface area contributed by atoms with Gasteiger partial charge in [0.15, 0.2) is 0 Å².